The van der Waals surface area contributed by atoms with Crippen molar-refractivity contribution >= 4 is 34.4 Å². The summed E-state index contributed by atoms with van der Waals surface area (Å²) >= 11 is 5.79. The molecule has 8 nitrogen and oxygen atoms in total. The first-order valence-corrected chi connectivity index (χ1v) is 9.28. The van der Waals surface area contributed by atoms with Crippen molar-refractivity contribution in [3.8, 4) is 11.5 Å². The highest BCUT2D eigenvalue weighted by molar-refractivity contribution is 6.30. The minimum absolute atomic E-state index is 0.125. The highest BCUT2D eigenvalue weighted by Crippen LogP contribution is 2.21. The van der Waals surface area contributed by atoms with Gasteiger partial charge in [0.15, 0.2) is 6.61 Å². The van der Waals surface area contributed by atoms with Crippen molar-refractivity contribution in [2.45, 2.75) is 0 Å². The molecule has 2 aromatic carbocycles. The van der Waals surface area contributed by atoms with Crippen LogP contribution in [0.15, 0.2) is 57.7 Å². The number of amides is 1. The summed E-state index contributed by atoms with van der Waals surface area (Å²) in [5.41, 5.74) is -0.746. The van der Waals surface area contributed by atoms with Crippen molar-refractivity contribution < 1.29 is 28.2 Å². The number of esters is 1. The Hall–Kier alpha value is -3.36. The Balaban J connectivity index is 1.66. The van der Waals surface area contributed by atoms with Crippen LogP contribution in [0.5, 0.6) is 11.5 Å². The number of rotatable bonds is 8. The summed E-state index contributed by atoms with van der Waals surface area (Å²) in [7, 11) is 1.50. The van der Waals surface area contributed by atoms with Crippen LogP contribution in [0.4, 0.5) is 0 Å². The quantitative estimate of drug-likeness (QED) is 0.253. The molecular formula is C21H18ClNO7. The fourth-order valence-electron chi connectivity index (χ4n) is 2.51. The molecule has 3 rings (SSSR count). The number of fused-ring (bicyclic) bond motifs is 1. The molecule has 1 aromatic heterocycles. The van der Waals surface area contributed by atoms with Crippen molar-refractivity contribution in [3.05, 3.63) is 69.5 Å². The summed E-state index contributed by atoms with van der Waals surface area (Å²) in [6.45, 7) is 0.269. The molecule has 9 heteroatoms. The van der Waals surface area contributed by atoms with Crippen LogP contribution in [0, 0.1) is 0 Å². The molecule has 0 aliphatic rings. The van der Waals surface area contributed by atoms with Gasteiger partial charge in [-0.1, -0.05) is 11.6 Å². The number of ether oxygens (including phenoxy) is 3. The highest BCUT2D eigenvalue weighted by atomic mass is 35.5. The number of carbonyl (C=O) groups is 2. The van der Waals surface area contributed by atoms with E-state index in [1.807, 2.05) is 0 Å². The van der Waals surface area contributed by atoms with Gasteiger partial charge in [0, 0.05) is 30.1 Å². The lowest BCUT2D eigenvalue weighted by Gasteiger charge is -2.08. The molecule has 0 aliphatic carbocycles. The van der Waals surface area contributed by atoms with Gasteiger partial charge in [0.05, 0.1) is 6.61 Å². The molecule has 30 heavy (non-hydrogen) atoms. The molecule has 0 radical (unpaired) electrons. The average Bonchev–Trinajstić information content (AvgIpc) is 2.73. The second kappa shape index (κ2) is 9.91. The first-order valence-electron chi connectivity index (χ1n) is 8.90. The monoisotopic (exact) mass is 431 g/mol. The van der Waals surface area contributed by atoms with Crippen LogP contribution in [-0.4, -0.2) is 38.7 Å². The van der Waals surface area contributed by atoms with Gasteiger partial charge in [0.1, 0.15) is 22.6 Å². The average molecular weight is 432 g/mol. The molecule has 0 spiro atoms. The number of hydrogen-bond acceptors (Lipinski definition) is 7. The maximum Gasteiger partial charge on any atom is 0.349 e. The van der Waals surface area contributed by atoms with Crippen molar-refractivity contribution in [3.63, 3.8) is 0 Å². The fourth-order valence-corrected chi connectivity index (χ4v) is 2.64. The third-order valence-electron chi connectivity index (χ3n) is 3.95. The summed E-state index contributed by atoms with van der Waals surface area (Å²) in [5, 5.41) is 3.62. The Labute approximate surface area is 176 Å². The Kier molecular flexibility index (Phi) is 7.05. The smallest absolute Gasteiger partial charge is 0.349 e. The predicted molar refractivity (Wildman–Crippen MR) is 109 cm³/mol. The first kappa shape index (κ1) is 21.4. The molecule has 1 N–H and O–H groups in total. The Morgan fingerprint density at radius 2 is 1.80 bits per heavy atom. The summed E-state index contributed by atoms with van der Waals surface area (Å²) in [6.07, 6.45) is 0. The van der Waals surface area contributed by atoms with E-state index in [9.17, 15) is 14.4 Å². The van der Waals surface area contributed by atoms with Gasteiger partial charge < -0.3 is 23.9 Å². The SMILES string of the molecule is COCCNC(=O)c1cc2ccc(OC(=O)COc3ccc(Cl)cc3)cc2oc1=O. The predicted octanol–water partition coefficient (Wildman–Crippen LogP) is 2.81. The summed E-state index contributed by atoms with van der Waals surface area (Å²) in [5.74, 6) is -0.553. The van der Waals surface area contributed by atoms with Crippen molar-refractivity contribution in [1.82, 2.24) is 5.32 Å². The molecule has 0 bridgehead atoms. The normalized spacial score (nSPS) is 10.6. The van der Waals surface area contributed by atoms with Gasteiger partial charge in [-0.25, -0.2) is 9.59 Å². The zero-order valence-electron chi connectivity index (χ0n) is 16.0. The van der Waals surface area contributed by atoms with E-state index >= 15 is 0 Å². The number of nitrogens with one attached hydrogen (secondary N) is 1. The Morgan fingerprint density at radius 3 is 2.53 bits per heavy atom. The lowest BCUT2D eigenvalue weighted by atomic mass is 10.1. The molecule has 1 amide bonds. The minimum atomic E-state index is -0.799. The second-order valence-electron chi connectivity index (χ2n) is 6.11. The second-order valence-corrected chi connectivity index (χ2v) is 6.55. The van der Waals surface area contributed by atoms with Crippen molar-refractivity contribution in [1.29, 1.82) is 0 Å². The molecule has 0 aliphatic heterocycles. The zero-order valence-corrected chi connectivity index (χ0v) is 16.7. The van der Waals surface area contributed by atoms with E-state index in [0.29, 0.717) is 22.8 Å². The van der Waals surface area contributed by atoms with Gasteiger partial charge in [-0.05, 0) is 42.5 Å². The van der Waals surface area contributed by atoms with Crippen LogP contribution in [-0.2, 0) is 9.53 Å². The van der Waals surface area contributed by atoms with Crippen molar-refractivity contribution in [2.24, 2.45) is 0 Å². The number of hydrogen-bond donors (Lipinski definition) is 1. The summed E-state index contributed by atoms with van der Waals surface area (Å²) < 4.78 is 20.6. The van der Waals surface area contributed by atoms with Gasteiger partial charge in [0.25, 0.3) is 5.91 Å². The molecule has 156 valence electrons. The van der Waals surface area contributed by atoms with E-state index in [4.69, 9.17) is 30.2 Å². The molecule has 1 heterocycles. The molecule has 0 fully saturated rings. The molecule has 0 atom stereocenters. The van der Waals surface area contributed by atoms with Crippen molar-refractivity contribution in [2.75, 3.05) is 26.9 Å². The van der Waals surface area contributed by atoms with E-state index in [1.165, 1.54) is 25.3 Å². The van der Waals surface area contributed by atoms with Crippen LogP contribution in [0.3, 0.4) is 0 Å². The third-order valence-corrected chi connectivity index (χ3v) is 4.20. The molecule has 0 unspecified atom stereocenters. The van der Waals surface area contributed by atoms with E-state index in [1.54, 1.807) is 30.3 Å². The number of halogens is 1. The van der Waals surface area contributed by atoms with Gasteiger partial charge in [-0.3, -0.25) is 4.79 Å². The van der Waals surface area contributed by atoms with Gasteiger partial charge in [0.2, 0.25) is 0 Å². The number of methoxy groups -OCH3 is 1. The van der Waals surface area contributed by atoms with Gasteiger partial charge in [-0.2, -0.15) is 0 Å². The van der Waals surface area contributed by atoms with Crippen LogP contribution >= 0.6 is 11.6 Å². The van der Waals surface area contributed by atoms with Crippen LogP contribution < -0.4 is 20.4 Å². The summed E-state index contributed by atoms with van der Waals surface area (Å²) in [4.78, 5) is 36.2. The largest absolute Gasteiger partial charge is 0.482 e. The molecule has 0 saturated carbocycles. The van der Waals surface area contributed by atoms with E-state index in [2.05, 4.69) is 5.32 Å². The van der Waals surface area contributed by atoms with Gasteiger partial charge >= 0.3 is 11.6 Å². The van der Waals surface area contributed by atoms with Crippen LogP contribution in [0.25, 0.3) is 11.0 Å². The Bertz CT molecular complexity index is 1110. The Morgan fingerprint density at radius 1 is 1.07 bits per heavy atom. The first-order chi connectivity index (χ1) is 14.5. The standard InChI is InChI=1S/C21H18ClNO7/c1-27-9-8-23-20(25)17-10-13-2-5-16(11-18(13)30-21(17)26)29-19(24)12-28-15-6-3-14(22)4-7-15/h2-7,10-11H,8-9,12H2,1H3,(H,23,25). The topological polar surface area (TPSA) is 104 Å². The molecular weight excluding hydrogens is 414 g/mol. The van der Waals surface area contributed by atoms with Gasteiger partial charge in [-0.15, -0.1) is 0 Å². The van der Waals surface area contributed by atoms with E-state index < -0.39 is 17.5 Å². The molecule has 3 aromatic rings. The molecule has 0 saturated heterocycles. The maximum absolute atomic E-state index is 12.1. The third kappa shape index (κ3) is 5.59. The van der Waals surface area contributed by atoms with E-state index in [-0.39, 0.29) is 30.0 Å². The number of carbonyl (C=O) groups excluding carboxylic acids is 2. The van der Waals surface area contributed by atoms with Crippen LogP contribution in [0.1, 0.15) is 10.4 Å². The lowest BCUT2D eigenvalue weighted by molar-refractivity contribution is -0.136. The highest BCUT2D eigenvalue weighted by Gasteiger charge is 2.14. The lowest BCUT2D eigenvalue weighted by Crippen LogP contribution is -2.30. The minimum Gasteiger partial charge on any atom is -0.482 e. The zero-order chi connectivity index (χ0) is 21.5. The maximum atomic E-state index is 12.1. The summed E-state index contributed by atoms with van der Waals surface area (Å²) in [6, 6.07) is 12.4. The van der Waals surface area contributed by atoms with Crippen LogP contribution in [0.2, 0.25) is 5.02 Å². The van der Waals surface area contributed by atoms with E-state index in [0.717, 1.165) is 0 Å². The number of benzene rings is 2. The fraction of sp³-hybridized carbons (Fsp3) is 0.190.